The number of nitrogens with zero attached hydrogens (tertiary/aromatic N) is 2. The Bertz CT molecular complexity index is 866. The lowest BCUT2D eigenvalue weighted by Crippen LogP contribution is -2.47. The minimum absolute atomic E-state index is 0.106. The van der Waals surface area contributed by atoms with Crippen LogP contribution < -0.4 is 15.0 Å². The molecule has 0 spiro atoms. The molecule has 3 rings (SSSR count). The van der Waals surface area contributed by atoms with E-state index in [0.717, 1.165) is 17.4 Å². The van der Waals surface area contributed by atoms with Crippen molar-refractivity contribution in [2.75, 3.05) is 44.2 Å². The minimum atomic E-state index is -4.36. The summed E-state index contributed by atoms with van der Waals surface area (Å²) in [5.41, 5.74) is -0.101. The van der Waals surface area contributed by atoms with E-state index in [-0.39, 0.29) is 10.6 Å². The van der Waals surface area contributed by atoms with Gasteiger partial charge in [-0.15, -0.1) is 11.3 Å². The molecular formula is C20H22F5N3O2S. The predicted octanol–water partition coefficient (Wildman–Crippen LogP) is 4.31. The number of benzene rings is 1. The summed E-state index contributed by atoms with van der Waals surface area (Å²) >= 11 is 1.03. The zero-order valence-electron chi connectivity index (χ0n) is 16.5. The first-order valence-electron chi connectivity index (χ1n) is 9.69. The lowest BCUT2D eigenvalue weighted by Gasteiger charge is -2.36. The number of alkyl halides is 5. The molecule has 0 unspecified atom stereocenters. The summed E-state index contributed by atoms with van der Waals surface area (Å²) in [6, 6.07) is 6.65. The third-order valence-corrected chi connectivity index (χ3v) is 5.79. The van der Waals surface area contributed by atoms with Crippen LogP contribution in [0.25, 0.3) is 0 Å². The molecule has 0 radical (unpaired) electrons. The molecule has 1 saturated heterocycles. The maximum atomic E-state index is 12.9. The number of hydrogen-bond acceptors (Lipinski definition) is 5. The monoisotopic (exact) mass is 463 g/mol. The molecule has 2 aromatic rings. The highest BCUT2D eigenvalue weighted by atomic mass is 32.1. The fraction of sp³-hybridized carbons (Fsp3) is 0.450. The van der Waals surface area contributed by atoms with Crippen LogP contribution in [0.15, 0.2) is 35.7 Å². The average molecular weight is 463 g/mol. The van der Waals surface area contributed by atoms with Gasteiger partial charge in [-0.25, -0.2) is 0 Å². The Kier molecular flexibility index (Phi) is 7.71. The van der Waals surface area contributed by atoms with Crippen molar-refractivity contribution in [2.45, 2.75) is 19.2 Å². The van der Waals surface area contributed by atoms with E-state index in [4.69, 9.17) is 0 Å². The van der Waals surface area contributed by atoms with Crippen molar-refractivity contribution in [1.82, 2.24) is 10.2 Å². The number of thiophene rings is 1. The Balaban J connectivity index is 1.39. The minimum Gasteiger partial charge on any atom is -0.433 e. The highest BCUT2D eigenvalue weighted by Crippen LogP contribution is 2.32. The van der Waals surface area contributed by atoms with Gasteiger partial charge < -0.3 is 15.0 Å². The van der Waals surface area contributed by atoms with Crippen LogP contribution in [0.3, 0.4) is 0 Å². The van der Waals surface area contributed by atoms with Gasteiger partial charge in [0.25, 0.3) is 5.91 Å². The third kappa shape index (κ3) is 6.54. The van der Waals surface area contributed by atoms with Gasteiger partial charge in [0.1, 0.15) is 10.6 Å². The van der Waals surface area contributed by atoms with Crippen molar-refractivity contribution >= 4 is 22.9 Å². The molecule has 31 heavy (non-hydrogen) atoms. The standard InChI is InChI=1S/C20H22F5N3O2S/c21-19(22)30-16-5-12-31-17(16)18(29)26-6-2-7-27-8-10-28(11-9-27)15-4-1-3-14(13-15)20(23,24)25/h1,3-5,12-13,19H,2,6-11H2,(H,26,29). The molecule has 2 heterocycles. The van der Waals surface area contributed by atoms with Crippen LogP contribution in [0.2, 0.25) is 0 Å². The van der Waals surface area contributed by atoms with Crippen molar-refractivity contribution in [3.63, 3.8) is 0 Å². The van der Waals surface area contributed by atoms with Crippen LogP contribution in [0.1, 0.15) is 21.7 Å². The van der Waals surface area contributed by atoms with Crippen molar-refractivity contribution in [3.8, 4) is 5.75 Å². The number of anilines is 1. The smallest absolute Gasteiger partial charge is 0.416 e. The van der Waals surface area contributed by atoms with Gasteiger partial charge in [0.2, 0.25) is 0 Å². The molecule has 0 saturated carbocycles. The Labute approximate surface area is 180 Å². The fourth-order valence-electron chi connectivity index (χ4n) is 3.35. The van der Waals surface area contributed by atoms with Crippen LogP contribution in [0, 0.1) is 0 Å². The first-order chi connectivity index (χ1) is 14.7. The molecule has 170 valence electrons. The van der Waals surface area contributed by atoms with Crippen molar-refractivity contribution < 1.29 is 31.5 Å². The van der Waals surface area contributed by atoms with E-state index in [9.17, 15) is 26.7 Å². The molecule has 5 nitrogen and oxygen atoms in total. The first kappa shape index (κ1) is 23.3. The average Bonchev–Trinajstić information content (AvgIpc) is 3.18. The highest BCUT2D eigenvalue weighted by Gasteiger charge is 2.31. The summed E-state index contributed by atoms with van der Waals surface area (Å²) in [6.45, 7) is 0.702. The Morgan fingerprint density at radius 3 is 2.58 bits per heavy atom. The molecule has 1 fully saturated rings. The zero-order chi connectivity index (χ0) is 22.4. The molecule has 1 N–H and O–H groups in total. The lowest BCUT2D eigenvalue weighted by molar-refractivity contribution is -0.137. The van der Waals surface area contributed by atoms with Crippen molar-refractivity contribution in [3.05, 3.63) is 46.2 Å². The molecule has 1 aromatic heterocycles. The SMILES string of the molecule is O=C(NCCCN1CCN(c2cccc(C(F)(F)F)c2)CC1)c1sccc1OC(F)F. The number of piperazine rings is 1. The Morgan fingerprint density at radius 1 is 1.16 bits per heavy atom. The van der Waals surface area contributed by atoms with Crippen molar-refractivity contribution in [1.29, 1.82) is 0 Å². The first-order valence-corrected chi connectivity index (χ1v) is 10.6. The van der Waals surface area contributed by atoms with Gasteiger partial charge in [-0.05, 0) is 42.6 Å². The van der Waals surface area contributed by atoms with Crippen LogP contribution in [0.4, 0.5) is 27.6 Å². The molecule has 1 aliphatic rings. The highest BCUT2D eigenvalue weighted by molar-refractivity contribution is 7.12. The van der Waals surface area contributed by atoms with E-state index < -0.39 is 24.3 Å². The molecule has 1 amide bonds. The number of ether oxygens (including phenoxy) is 1. The van der Waals surface area contributed by atoms with E-state index in [2.05, 4.69) is 15.0 Å². The number of carbonyl (C=O) groups excluding carboxylic acids is 1. The number of hydrogen-bond donors (Lipinski definition) is 1. The Morgan fingerprint density at radius 2 is 1.90 bits per heavy atom. The summed E-state index contributed by atoms with van der Waals surface area (Å²) in [6.07, 6.45) is -3.70. The van der Waals surface area contributed by atoms with Gasteiger partial charge in [-0.1, -0.05) is 6.07 Å². The number of amides is 1. The fourth-order valence-corrected chi connectivity index (χ4v) is 4.08. The van der Waals surface area contributed by atoms with Crippen LogP contribution >= 0.6 is 11.3 Å². The topological polar surface area (TPSA) is 44.8 Å². The van der Waals surface area contributed by atoms with Crippen LogP contribution in [-0.4, -0.2) is 56.7 Å². The maximum absolute atomic E-state index is 12.9. The van der Waals surface area contributed by atoms with Gasteiger partial charge in [-0.3, -0.25) is 9.69 Å². The van der Waals surface area contributed by atoms with E-state index in [0.29, 0.717) is 51.4 Å². The lowest BCUT2D eigenvalue weighted by atomic mass is 10.1. The van der Waals surface area contributed by atoms with Crippen LogP contribution in [0.5, 0.6) is 5.75 Å². The number of rotatable bonds is 8. The maximum Gasteiger partial charge on any atom is 0.416 e. The van der Waals surface area contributed by atoms with E-state index in [1.807, 2.05) is 4.90 Å². The Hall–Kier alpha value is -2.40. The second-order valence-electron chi connectivity index (χ2n) is 6.98. The summed E-state index contributed by atoms with van der Waals surface area (Å²) < 4.78 is 67.7. The molecule has 0 aliphatic carbocycles. The number of halogens is 5. The molecular weight excluding hydrogens is 441 g/mol. The van der Waals surface area contributed by atoms with E-state index in [1.165, 1.54) is 23.6 Å². The normalized spacial score (nSPS) is 15.4. The van der Waals surface area contributed by atoms with Gasteiger partial charge in [-0.2, -0.15) is 22.0 Å². The second kappa shape index (κ2) is 10.3. The molecule has 1 aromatic carbocycles. The summed E-state index contributed by atoms with van der Waals surface area (Å²) in [5, 5.41) is 4.21. The molecule has 1 aliphatic heterocycles. The summed E-state index contributed by atoms with van der Waals surface area (Å²) in [4.78, 5) is 16.3. The zero-order valence-corrected chi connectivity index (χ0v) is 17.3. The van der Waals surface area contributed by atoms with E-state index in [1.54, 1.807) is 6.07 Å². The molecule has 11 heteroatoms. The quantitative estimate of drug-likeness (QED) is 0.468. The van der Waals surface area contributed by atoms with Gasteiger partial charge >= 0.3 is 12.8 Å². The summed E-state index contributed by atoms with van der Waals surface area (Å²) in [7, 11) is 0. The summed E-state index contributed by atoms with van der Waals surface area (Å²) in [5.74, 6) is -0.594. The van der Waals surface area contributed by atoms with Crippen LogP contribution in [-0.2, 0) is 6.18 Å². The largest absolute Gasteiger partial charge is 0.433 e. The van der Waals surface area contributed by atoms with Crippen molar-refractivity contribution in [2.24, 2.45) is 0 Å². The van der Waals surface area contributed by atoms with Gasteiger partial charge in [0.15, 0.2) is 0 Å². The van der Waals surface area contributed by atoms with E-state index >= 15 is 0 Å². The van der Waals surface area contributed by atoms with Gasteiger partial charge in [0.05, 0.1) is 5.56 Å². The molecule has 0 atom stereocenters. The second-order valence-corrected chi connectivity index (χ2v) is 7.89. The third-order valence-electron chi connectivity index (χ3n) is 4.90. The predicted molar refractivity (Wildman–Crippen MR) is 108 cm³/mol. The number of carbonyl (C=O) groups is 1. The molecule has 0 bridgehead atoms. The number of nitrogens with one attached hydrogen (secondary N) is 1. The van der Waals surface area contributed by atoms with Gasteiger partial charge in [0, 0.05) is 38.4 Å².